The molecule has 4 heteroatoms. The SMILES string of the molecule is O=S(=O)([CH-]c1cccc2ccccc12)c1ccccc1.[Li+]. The molecule has 100 valence electrons. The molecule has 0 bridgehead atoms. The zero-order valence-electron chi connectivity index (χ0n) is 11.7. The van der Waals surface area contributed by atoms with Crippen molar-refractivity contribution in [1.82, 2.24) is 0 Å². The van der Waals surface area contributed by atoms with Crippen LogP contribution >= 0.6 is 0 Å². The molecule has 0 fully saturated rings. The topological polar surface area (TPSA) is 34.1 Å². The van der Waals surface area contributed by atoms with E-state index in [9.17, 15) is 8.42 Å². The van der Waals surface area contributed by atoms with Crippen LogP contribution in [0.3, 0.4) is 0 Å². The minimum atomic E-state index is -3.43. The van der Waals surface area contributed by atoms with Crippen LogP contribution in [0.5, 0.6) is 0 Å². The van der Waals surface area contributed by atoms with Crippen LogP contribution in [-0.2, 0) is 9.84 Å². The van der Waals surface area contributed by atoms with Gasteiger partial charge in [-0.25, -0.2) is 8.42 Å². The quantitative estimate of drug-likeness (QED) is 0.528. The summed E-state index contributed by atoms with van der Waals surface area (Å²) in [4.78, 5) is 0.313. The van der Waals surface area contributed by atoms with Crippen molar-refractivity contribution in [2.45, 2.75) is 4.90 Å². The molecule has 0 aliphatic heterocycles. The fourth-order valence-electron chi connectivity index (χ4n) is 2.20. The van der Waals surface area contributed by atoms with Crippen LogP contribution in [0.2, 0.25) is 0 Å². The first-order valence-electron chi connectivity index (χ1n) is 6.29. The Morgan fingerprint density at radius 2 is 1.33 bits per heavy atom. The van der Waals surface area contributed by atoms with Gasteiger partial charge in [-0.15, -0.1) is 17.5 Å². The maximum absolute atomic E-state index is 12.4. The van der Waals surface area contributed by atoms with Crippen LogP contribution in [-0.4, -0.2) is 8.42 Å². The summed E-state index contributed by atoms with van der Waals surface area (Å²) in [5.41, 5.74) is 0.715. The molecule has 0 atom stereocenters. The molecule has 0 amide bonds. The summed E-state index contributed by atoms with van der Waals surface area (Å²) in [6, 6.07) is 21.9. The maximum Gasteiger partial charge on any atom is 1.00 e. The predicted octanol–water partition coefficient (Wildman–Crippen LogP) is 0.828. The fourth-order valence-corrected chi connectivity index (χ4v) is 3.41. The zero-order valence-corrected chi connectivity index (χ0v) is 12.5. The van der Waals surface area contributed by atoms with Crippen LogP contribution in [0.1, 0.15) is 5.56 Å². The van der Waals surface area contributed by atoms with Crippen molar-refractivity contribution in [3.63, 3.8) is 0 Å². The van der Waals surface area contributed by atoms with Crippen LogP contribution in [0.25, 0.3) is 10.8 Å². The van der Waals surface area contributed by atoms with Crippen molar-refractivity contribution in [2.75, 3.05) is 0 Å². The third-order valence-electron chi connectivity index (χ3n) is 3.18. The van der Waals surface area contributed by atoms with Gasteiger partial charge in [0, 0.05) is 0 Å². The second kappa shape index (κ2) is 6.40. The molecule has 0 saturated carbocycles. The van der Waals surface area contributed by atoms with Crippen molar-refractivity contribution in [1.29, 1.82) is 0 Å². The molecule has 0 N–H and O–H groups in total. The maximum atomic E-state index is 12.4. The van der Waals surface area contributed by atoms with E-state index in [0.29, 0.717) is 10.5 Å². The molecule has 0 aliphatic rings. The smallest absolute Gasteiger partial charge is 0.232 e. The molecular formula is C17H13LiO2S. The molecule has 3 aromatic rings. The molecule has 2 nitrogen and oxygen atoms in total. The summed E-state index contributed by atoms with van der Waals surface area (Å²) in [5, 5.41) is 1.97. The third-order valence-corrected chi connectivity index (χ3v) is 4.67. The van der Waals surface area contributed by atoms with Gasteiger partial charge < -0.3 is 0 Å². The van der Waals surface area contributed by atoms with Crippen LogP contribution in [0.15, 0.2) is 77.7 Å². The third kappa shape index (κ3) is 3.33. The van der Waals surface area contributed by atoms with Crippen molar-refractivity contribution in [3.05, 3.63) is 84.1 Å². The molecule has 0 aliphatic carbocycles. The number of benzene rings is 3. The van der Waals surface area contributed by atoms with Gasteiger partial charge in [0.2, 0.25) is 0 Å². The van der Waals surface area contributed by atoms with Gasteiger partial charge in [0.15, 0.2) is 9.84 Å². The Bertz CT molecular complexity index is 838. The van der Waals surface area contributed by atoms with Gasteiger partial charge in [-0.1, -0.05) is 53.6 Å². The van der Waals surface area contributed by atoms with Crippen molar-refractivity contribution >= 4 is 20.6 Å². The Morgan fingerprint density at radius 1 is 0.714 bits per heavy atom. The second-order valence-corrected chi connectivity index (χ2v) is 6.34. The van der Waals surface area contributed by atoms with E-state index in [1.165, 1.54) is 5.75 Å². The number of rotatable bonds is 3. The molecule has 0 heterocycles. The van der Waals surface area contributed by atoms with E-state index < -0.39 is 9.84 Å². The van der Waals surface area contributed by atoms with Gasteiger partial charge >= 0.3 is 18.9 Å². The molecule has 0 radical (unpaired) electrons. The summed E-state index contributed by atoms with van der Waals surface area (Å²) in [7, 11) is -3.43. The van der Waals surface area contributed by atoms with Gasteiger partial charge in [0.1, 0.15) is 0 Å². The Labute approximate surface area is 136 Å². The standard InChI is InChI=1S/C17H13O2S.Li/c18-20(19,16-10-2-1-3-11-16)13-15-9-6-8-14-7-4-5-12-17(14)15;/h1-13H;/q-1;+1. The van der Waals surface area contributed by atoms with Crippen LogP contribution in [0.4, 0.5) is 0 Å². The number of sulfone groups is 1. The monoisotopic (exact) mass is 288 g/mol. The Hall–Kier alpha value is -1.66. The Kier molecular flexibility index (Phi) is 4.79. The molecule has 0 aromatic heterocycles. The average Bonchev–Trinajstić information content (AvgIpc) is 2.48. The van der Waals surface area contributed by atoms with Gasteiger partial charge in [-0.3, -0.25) is 0 Å². The predicted molar refractivity (Wildman–Crippen MR) is 81.0 cm³/mol. The average molecular weight is 288 g/mol. The number of hydrogen-bond acceptors (Lipinski definition) is 2. The molecule has 0 spiro atoms. The Morgan fingerprint density at radius 3 is 2.10 bits per heavy atom. The van der Waals surface area contributed by atoms with Gasteiger partial charge in [0.05, 0.1) is 4.90 Å². The van der Waals surface area contributed by atoms with Gasteiger partial charge in [-0.2, -0.15) is 11.6 Å². The fraction of sp³-hybridized carbons (Fsp3) is 0. The van der Waals surface area contributed by atoms with Gasteiger partial charge in [0.25, 0.3) is 0 Å². The molecule has 0 unspecified atom stereocenters. The van der Waals surface area contributed by atoms with Crippen LogP contribution in [0, 0.1) is 5.75 Å². The summed E-state index contributed by atoms with van der Waals surface area (Å²) in [6.45, 7) is 0. The van der Waals surface area contributed by atoms with E-state index >= 15 is 0 Å². The summed E-state index contributed by atoms with van der Waals surface area (Å²) >= 11 is 0. The minimum absolute atomic E-state index is 0. The molecule has 0 saturated heterocycles. The van der Waals surface area contributed by atoms with E-state index in [1.54, 1.807) is 30.3 Å². The molecule has 21 heavy (non-hydrogen) atoms. The van der Waals surface area contributed by atoms with Crippen molar-refractivity contribution in [2.24, 2.45) is 0 Å². The molecule has 3 rings (SSSR count). The largest absolute Gasteiger partial charge is 1.00 e. The van der Waals surface area contributed by atoms with E-state index in [0.717, 1.165) is 10.8 Å². The first-order valence-corrected chi connectivity index (χ1v) is 7.84. The van der Waals surface area contributed by atoms with Crippen LogP contribution < -0.4 is 18.9 Å². The first kappa shape index (κ1) is 15.7. The number of hydrogen-bond donors (Lipinski definition) is 0. The minimum Gasteiger partial charge on any atom is -0.232 e. The normalized spacial score (nSPS) is 10.9. The van der Waals surface area contributed by atoms with Crippen molar-refractivity contribution < 1.29 is 27.3 Å². The van der Waals surface area contributed by atoms with E-state index in [-0.39, 0.29) is 18.9 Å². The van der Waals surface area contributed by atoms with Crippen molar-refractivity contribution in [3.8, 4) is 0 Å². The molecule has 3 aromatic carbocycles. The second-order valence-electron chi connectivity index (χ2n) is 4.54. The Balaban J connectivity index is 0.00000161. The summed E-state index contributed by atoms with van der Waals surface area (Å²) < 4.78 is 24.8. The molecular weight excluding hydrogens is 275 g/mol. The van der Waals surface area contributed by atoms with Gasteiger partial charge in [-0.05, 0) is 12.1 Å². The zero-order chi connectivity index (χ0) is 14.0. The number of fused-ring (bicyclic) bond motifs is 1. The summed E-state index contributed by atoms with van der Waals surface area (Å²) in [6.07, 6.45) is 0. The first-order chi connectivity index (χ1) is 9.67. The summed E-state index contributed by atoms with van der Waals surface area (Å²) in [5.74, 6) is 1.34. The van der Waals surface area contributed by atoms with E-state index in [4.69, 9.17) is 0 Å². The van der Waals surface area contributed by atoms with E-state index in [2.05, 4.69) is 0 Å². The van der Waals surface area contributed by atoms with E-state index in [1.807, 2.05) is 42.5 Å².